The molecule has 0 spiro atoms. The first-order valence-corrected chi connectivity index (χ1v) is 6.27. The number of rotatable bonds is 5. The van der Waals surface area contributed by atoms with Gasteiger partial charge in [-0.25, -0.2) is 0 Å². The van der Waals surface area contributed by atoms with E-state index in [1.54, 1.807) is 6.07 Å². The maximum absolute atomic E-state index is 12.4. The van der Waals surface area contributed by atoms with E-state index in [2.05, 4.69) is 4.74 Å². The minimum Gasteiger partial charge on any atom is -0.488 e. The number of halogens is 4. The van der Waals surface area contributed by atoms with Gasteiger partial charge in [-0.1, -0.05) is 36.4 Å². The maximum atomic E-state index is 12.4. The molecule has 0 saturated heterocycles. The SMILES string of the molecule is Cl.NCCOc1cc(-c2ccccc2)ccc1OC(F)(F)F. The Balaban J connectivity index is 0.00000242. The second-order valence-corrected chi connectivity index (χ2v) is 4.21. The van der Waals surface area contributed by atoms with Gasteiger partial charge in [-0.05, 0) is 23.3 Å². The summed E-state index contributed by atoms with van der Waals surface area (Å²) in [6.45, 7) is 0.299. The summed E-state index contributed by atoms with van der Waals surface area (Å²) in [6, 6.07) is 13.5. The van der Waals surface area contributed by atoms with Crippen LogP contribution in [0.15, 0.2) is 48.5 Å². The Labute approximate surface area is 132 Å². The summed E-state index contributed by atoms with van der Waals surface area (Å²) >= 11 is 0. The number of hydrogen-bond acceptors (Lipinski definition) is 3. The molecule has 22 heavy (non-hydrogen) atoms. The highest BCUT2D eigenvalue weighted by molar-refractivity contribution is 5.85. The van der Waals surface area contributed by atoms with Crippen molar-refractivity contribution in [3.8, 4) is 22.6 Å². The van der Waals surface area contributed by atoms with Crippen molar-refractivity contribution >= 4 is 12.4 Å². The van der Waals surface area contributed by atoms with Crippen molar-refractivity contribution < 1.29 is 22.6 Å². The molecule has 2 aromatic rings. The van der Waals surface area contributed by atoms with Gasteiger partial charge < -0.3 is 15.2 Å². The lowest BCUT2D eigenvalue weighted by Gasteiger charge is -2.15. The zero-order valence-corrected chi connectivity index (χ0v) is 12.3. The van der Waals surface area contributed by atoms with Crippen LogP contribution >= 0.6 is 12.4 Å². The molecule has 3 nitrogen and oxygen atoms in total. The van der Waals surface area contributed by atoms with Crippen LogP contribution in [0.2, 0.25) is 0 Å². The third-order valence-corrected chi connectivity index (χ3v) is 2.65. The summed E-state index contributed by atoms with van der Waals surface area (Å²) in [7, 11) is 0. The molecule has 0 aliphatic carbocycles. The molecule has 2 rings (SSSR count). The Morgan fingerprint density at radius 3 is 2.18 bits per heavy atom. The van der Waals surface area contributed by atoms with Gasteiger partial charge in [0.25, 0.3) is 0 Å². The Hall–Kier alpha value is -1.92. The van der Waals surface area contributed by atoms with E-state index in [-0.39, 0.29) is 37.1 Å². The van der Waals surface area contributed by atoms with Crippen molar-refractivity contribution in [2.45, 2.75) is 6.36 Å². The van der Waals surface area contributed by atoms with Crippen LogP contribution in [0, 0.1) is 0 Å². The van der Waals surface area contributed by atoms with E-state index < -0.39 is 6.36 Å². The van der Waals surface area contributed by atoms with Crippen LogP contribution in [0.25, 0.3) is 11.1 Å². The Kier molecular flexibility index (Phi) is 6.52. The van der Waals surface area contributed by atoms with Crippen molar-refractivity contribution in [3.63, 3.8) is 0 Å². The Morgan fingerprint density at radius 2 is 1.59 bits per heavy atom. The molecule has 7 heteroatoms. The van der Waals surface area contributed by atoms with Crippen molar-refractivity contribution in [1.29, 1.82) is 0 Å². The molecule has 0 heterocycles. The molecular formula is C15H15ClF3NO2. The molecule has 0 radical (unpaired) electrons. The first-order valence-electron chi connectivity index (χ1n) is 6.27. The van der Waals surface area contributed by atoms with Crippen LogP contribution in [0.4, 0.5) is 13.2 Å². The molecule has 2 aromatic carbocycles. The molecule has 0 atom stereocenters. The van der Waals surface area contributed by atoms with Crippen LogP contribution in [0.3, 0.4) is 0 Å². The average molecular weight is 334 g/mol. The zero-order valence-electron chi connectivity index (χ0n) is 11.5. The van der Waals surface area contributed by atoms with Crippen molar-refractivity contribution in [2.24, 2.45) is 5.73 Å². The Bertz CT molecular complexity index is 591. The first kappa shape index (κ1) is 18.1. The first-order chi connectivity index (χ1) is 9.99. The molecule has 0 unspecified atom stereocenters. The quantitative estimate of drug-likeness (QED) is 0.899. The largest absolute Gasteiger partial charge is 0.573 e. The van der Waals surface area contributed by atoms with Crippen LogP contribution in [-0.2, 0) is 0 Å². The molecule has 0 bridgehead atoms. The van der Waals surface area contributed by atoms with Crippen LogP contribution < -0.4 is 15.2 Å². The van der Waals surface area contributed by atoms with E-state index in [9.17, 15) is 13.2 Å². The van der Waals surface area contributed by atoms with E-state index in [1.807, 2.05) is 30.3 Å². The van der Waals surface area contributed by atoms with Gasteiger partial charge in [0.15, 0.2) is 11.5 Å². The van der Waals surface area contributed by atoms with E-state index in [1.165, 1.54) is 12.1 Å². The fourth-order valence-corrected chi connectivity index (χ4v) is 1.81. The lowest BCUT2D eigenvalue weighted by atomic mass is 10.1. The monoisotopic (exact) mass is 333 g/mol. The van der Waals surface area contributed by atoms with Crippen LogP contribution in [0.1, 0.15) is 0 Å². The second kappa shape index (κ2) is 7.91. The van der Waals surface area contributed by atoms with Crippen molar-refractivity contribution in [1.82, 2.24) is 0 Å². The van der Waals surface area contributed by atoms with Crippen LogP contribution in [0.5, 0.6) is 11.5 Å². The molecule has 0 aliphatic rings. The summed E-state index contributed by atoms with van der Waals surface area (Å²) < 4.78 is 46.3. The minimum absolute atomic E-state index is 0. The van der Waals surface area contributed by atoms with Gasteiger partial charge in [-0.15, -0.1) is 25.6 Å². The van der Waals surface area contributed by atoms with Gasteiger partial charge in [-0.2, -0.15) is 0 Å². The van der Waals surface area contributed by atoms with Gasteiger partial charge in [0.05, 0.1) is 0 Å². The maximum Gasteiger partial charge on any atom is 0.573 e. The molecular weight excluding hydrogens is 319 g/mol. The summed E-state index contributed by atoms with van der Waals surface area (Å²) in [6.07, 6.45) is -4.77. The standard InChI is InChI=1S/C15H14F3NO2.ClH/c16-15(17,18)21-13-7-6-12(10-14(13)20-9-8-19)11-4-2-1-3-5-11;/h1-7,10H,8-9,19H2;1H. The van der Waals surface area contributed by atoms with Crippen LogP contribution in [-0.4, -0.2) is 19.5 Å². The number of nitrogens with two attached hydrogens (primary N) is 1. The molecule has 0 fully saturated rings. The fraction of sp³-hybridized carbons (Fsp3) is 0.200. The Morgan fingerprint density at radius 1 is 0.909 bits per heavy atom. The molecule has 0 amide bonds. The van der Waals surface area contributed by atoms with Crippen molar-refractivity contribution in [2.75, 3.05) is 13.2 Å². The third-order valence-electron chi connectivity index (χ3n) is 2.65. The predicted octanol–water partition coefficient (Wildman–Crippen LogP) is 4.01. The van der Waals surface area contributed by atoms with E-state index >= 15 is 0 Å². The highest BCUT2D eigenvalue weighted by Crippen LogP contribution is 2.35. The number of benzene rings is 2. The highest BCUT2D eigenvalue weighted by atomic mass is 35.5. The minimum atomic E-state index is -4.77. The van der Waals surface area contributed by atoms with E-state index in [4.69, 9.17) is 10.5 Å². The van der Waals surface area contributed by atoms with Gasteiger partial charge in [-0.3, -0.25) is 0 Å². The average Bonchev–Trinajstić information content (AvgIpc) is 2.45. The number of ether oxygens (including phenoxy) is 2. The molecule has 2 N–H and O–H groups in total. The van der Waals surface area contributed by atoms with Gasteiger partial charge >= 0.3 is 6.36 Å². The number of alkyl halides is 3. The highest BCUT2D eigenvalue weighted by Gasteiger charge is 2.32. The molecule has 0 saturated carbocycles. The summed E-state index contributed by atoms with van der Waals surface area (Å²) in [5.74, 6) is -0.366. The normalized spacial score (nSPS) is 10.7. The topological polar surface area (TPSA) is 44.5 Å². The van der Waals surface area contributed by atoms with Gasteiger partial charge in [0.2, 0.25) is 0 Å². The predicted molar refractivity (Wildman–Crippen MR) is 80.4 cm³/mol. The lowest BCUT2D eigenvalue weighted by molar-refractivity contribution is -0.275. The summed E-state index contributed by atoms with van der Waals surface area (Å²) in [5.41, 5.74) is 6.92. The van der Waals surface area contributed by atoms with Crippen molar-refractivity contribution in [3.05, 3.63) is 48.5 Å². The van der Waals surface area contributed by atoms with Gasteiger partial charge in [0, 0.05) is 6.54 Å². The third kappa shape index (κ3) is 5.13. The molecule has 120 valence electrons. The molecule has 0 aromatic heterocycles. The zero-order chi connectivity index (χ0) is 15.3. The van der Waals surface area contributed by atoms with E-state index in [0.29, 0.717) is 0 Å². The molecule has 0 aliphatic heterocycles. The van der Waals surface area contributed by atoms with E-state index in [0.717, 1.165) is 11.1 Å². The smallest absolute Gasteiger partial charge is 0.488 e. The van der Waals surface area contributed by atoms with Gasteiger partial charge in [0.1, 0.15) is 6.61 Å². The summed E-state index contributed by atoms with van der Waals surface area (Å²) in [4.78, 5) is 0. The number of hydrogen-bond donors (Lipinski definition) is 1. The fourth-order valence-electron chi connectivity index (χ4n) is 1.81. The summed E-state index contributed by atoms with van der Waals surface area (Å²) in [5, 5.41) is 0. The lowest BCUT2D eigenvalue weighted by Crippen LogP contribution is -2.18. The second-order valence-electron chi connectivity index (χ2n) is 4.21.